The minimum atomic E-state index is -1.01. The molecular formula is C41H43Cl2FN6O6. The van der Waals surface area contributed by atoms with Gasteiger partial charge in [-0.2, -0.15) is 0 Å². The van der Waals surface area contributed by atoms with Crippen molar-refractivity contribution >= 4 is 58.6 Å². The van der Waals surface area contributed by atoms with Crippen LogP contribution in [0.2, 0.25) is 10.0 Å². The molecule has 3 heterocycles. The lowest BCUT2D eigenvalue weighted by Crippen LogP contribution is -2.34. The maximum absolute atomic E-state index is 15.6. The second-order valence-corrected chi connectivity index (χ2v) is 15.9. The number of nitrogens with zero attached hydrogens (tertiary/aromatic N) is 4. The Morgan fingerprint density at radius 2 is 1.79 bits per heavy atom. The third-order valence-electron chi connectivity index (χ3n) is 11.8. The molecule has 12 nitrogen and oxygen atoms in total. The van der Waals surface area contributed by atoms with Crippen molar-refractivity contribution in [3.05, 3.63) is 92.7 Å². The quantitative estimate of drug-likeness (QED) is 0.101. The maximum Gasteiger partial charge on any atom is 0.317 e. The van der Waals surface area contributed by atoms with Gasteiger partial charge in [0.05, 0.1) is 40.5 Å². The van der Waals surface area contributed by atoms with Crippen LogP contribution >= 0.6 is 23.2 Å². The summed E-state index contributed by atoms with van der Waals surface area (Å²) < 4.78 is 22.8. The van der Waals surface area contributed by atoms with Gasteiger partial charge < -0.3 is 30.2 Å². The van der Waals surface area contributed by atoms with Crippen LogP contribution in [0.1, 0.15) is 77.4 Å². The van der Waals surface area contributed by atoms with Gasteiger partial charge in [0.2, 0.25) is 0 Å². The van der Waals surface area contributed by atoms with Crippen molar-refractivity contribution in [1.82, 2.24) is 24.8 Å². The van der Waals surface area contributed by atoms with Crippen LogP contribution < -0.4 is 15.4 Å². The zero-order valence-electron chi connectivity index (χ0n) is 31.1. The number of imidazole rings is 1. The zero-order valence-corrected chi connectivity index (χ0v) is 32.6. The molecule has 2 bridgehead atoms. The molecule has 2 aromatic carbocycles. The first-order valence-electron chi connectivity index (χ1n) is 18.5. The summed E-state index contributed by atoms with van der Waals surface area (Å²) in [5.74, 6) is -2.12. The van der Waals surface area contributed by atoms with Crippen LogP contribution in [-0.2, 0) is 36.1 Å². The predicted octanol–water partition coefficient (Wildman–Crippen LogP) is 7.47. The predicted molar refractivity (Wildman–Crippen MR) is 211 cm³/mol. The second kappa shape index (κ2) is 16.0. The van der Waals surface area contributed by atoms with Crippen LogP contribution in [0, 0.1) is 10.8 Å². The van der Waals surface area contributed by atoms with Crippen LogP contribution in [0.15, 0.2) is 48.7 Å². The molecule has 0 unspecified atom stereocenters. The van der Waals surface area contributed by atoms with Crippen molar-refractivity contribution in [3.8, 4) is 16.9 Å². The minimum Gasteiger partial charge on any atom is -0.496 e. The molecule has 7 rings (SSSR count). The molecule has 56 heavy (non-hydrogen) atoms. The fourth-order valence-corrected chi connectivity index (χ4v) is 9.20. The molecule has 3 aliphatic rings. The molecule has 4 aromatic rings. The van der Waals surface area contributed by atoms with Gasteiger partial charge >= 0.3 is 11.9 Å². The summed E-state index contributed by atoms with van der Waals surface area (Å²) in [6.07, 6.45) is 8.69. The van der Waals surface area contributed by atoms with Gasteiger partial charge in [0.1, 0.15) is 17.3 Å². The monoisotopic (exact) mass is 804 g/mol. The molecule has 2 aliphatic carbocycles. The lowest BCUT2D eigenvalue weighted by molar-refractivity contribution is -0.148. The number of fused-ring (bicyclic) bond motifs is 3. The number of anilines is 1. The number of amides is 1. The zero-order chi connectivity index (χ0) is 39.8. The van der Waals surface area contributed by atoms with E-state index in [0.29, 0.717) is 40.2 Å². The summed E-state index contributed by atoms with van der Waals surface area (Å²) in [5, 5.41) is 24.9. The summed E-state index contributed by atoms with van der Waals surface area (Å²) in [4.78, 5) is 47.8. The van der Waals surface area contributed by atoms with Crippen molar-refractivity contribution in [3.63, 3.8) is 0 Å². The van der Waals surface area contributed by atoms with Crippen LogP contribution in [0.4, 0.5) is 10.1 Å². The van der Waals surface area contributed by atoms with Crippen molar-refractivity contribution in [2.45, 2.75) is 58.0 Å². The lowest BCUT2D eigenvalue weighted by atomic mass is 9.80. The topological polar surface area (TPSA) is 159 Å². The van der Waals surface area contributed by atoms with Gasteiger partial charge in [-0.05, 0) is 68.2 Å². The second-order valence-electron chi connectivity index (χ2n) is 15.1. The number of benzene rings is 2. The van der Waals surface area contributed by atoms with E-state index < -0.39 is 29.1 Å². The van der Waals surface area contributed by atoms with E-state index >= 15 is 4.39 Å². The number of aromatic nitrogens is 3. The van der Waals surface area contributed by atoms with Crippen molar-refractivity contribution in [2.75, 3.05) is 32.1 Å². The highest BCUT2D eigenvalue weighted by Gasteiger charge is 2.57. The van der Waals surface area contributed by atoms with E-state index in [1.165, 1.54) is 25.4 Å². The number of aliphatic carboxylic acids is 2. The SMILES string of the molecule is COc1cc(/C(F)=C/c2cccc(-c3cccc(NC(=O)c4nc5c(n4C)CCN(CCC46CCC(C(=O)O)(CC4)C6)C5)c3Cl)c2Cl)ncc1CNCC(=O)O. The summed E-state index contributed by atoms with van der Waals surface area (Å²) in [7, 11) is 3.27. The highest BCUT2D eigenvalue weighted by molar-refractivity contribution is 6.39. The number of pyridine rings is 1. The van der Waals surface area contributed by atoms with Gasteiger partial charge in [0, 0.05) is 67.8 Å². The number of carbonyl (C=O) groups excluding carboxylic acids is 1. The third kappa shape index (κ3) is 7.77. The van der Waals surface area contributed by atoms with Gasteiger partial charge in [0.25, 0.3) is 5.91 Å². The number of carbonyl (C=O) groups is 3. The smallest absolute Gasteiger partial charge is 0.317 e. The number of methoxy groups -OCH3 is 1. The molecule has 2 aromatic heterocycles. The normalized spacial score (nSPS) is 20.6. The van der Waals surface area contributed by atoms with E-state index in [1.807, 2.05) is 11.6 Å². The summed E-state index contributed by atoms with van der Waals surface area (Å²) in [5.41, 5.74) is 3.81. The number of carboxylic acids is 2. The largest absolute Gasteiger partial charge is 0.496 e. The number of ether oxygens (including phenoxy) is 1. The molecule has 2 fully saturated rings. The molecule has 1 aliphatic heterocycles. The van der Waals surface area contributed by atoms with Crippen LogP contribution in [0.25, 0.3) is 23.0 Å². The van der Waals surface area contributed by atoms with Crippen LogP contribution in [0.3, 0.4) is 0 Å². The van der Waals surface area contributed by atoms with E-state index in [0.717, 1.165) is 69.4 Å². The van der Waals surface area contributed by atoms with Crippen LogP contribution in [-0.4, -0.2) is 74.2 Å². The van der Waals surface area contributed by atoms with E-state index in [2.05, 4.69) is 20.5 Å². The summed E-state index contributed by atoms with van der Waals surface area (Å²) in [6.45, 7) is 2.26. The highest BCUT2D eigenvalue weighted by Crippen LogP contribution is 2.63. The van der Waals surface area contributed by atoms with Gasteiger partial charge in [-0.3, -0.25) is 24.3 Å². The molecule has 2 saturated carbocycles. The van der Waals surface area contributed by atoms with E-state index in [1.54, 1.807) is 36.4 Å². The number of rotatable bonds is 14. The molecule has 0 radical (unpaired) electrons. The molecule has 1 amide bonds. The third-order valence-corrected chi connectivity index (χ3v) is 12.6. The fourth-order valence-electron chi connectivity index (χ4n) is 8.65. The van der Waals surface area contributed by atoms with Gasteiger partial charge in [0.15, 0.2) is 5.82 Å². The van der Waals surface area contributed by atoms with Crippen molar-refractivity contribution in [1.29, 1.82) is 0 Å². The Labute approximate surface area is 333 Å². The first-order chi connectivity index (χ1) is 26.8. The minimum absolute atomic E-state index is 0.00257. The maximum atomic E-state index is 15.6. The number of carboxylic acid groups (broad SMARTS) is 2. The Bertz CT molecular complexity index is 2230. The Morgan fingerprint density at radius 1 is 1.05 bits per heavy atom. The molecule has 4 N–H and O–H groups in total. The average Bonchev–Trinajstić information content (AvgIpc) is 3.86. The summed E-state index contributed by atoms with van der Waals surface area (Å²) in [6, 6.07) is 11.8. The Hall–Kier alpha value is -4.82. The fraction of sp³-hybridized carbons (Fsp3) is 0.390. The Balaban J connectivity index is 1.04. The number of halogens is 3. The van der Waals surface area contributed by atoms with Gasteiger partial charge in [-0.15, -0.1) is 0 Å². The molecule has 0 atom stereocenters. The van der Waals surface area contributed by atoms with Crippen molar-refractivity contribution < 1.29 is 33.7 Å². The highest BCUT2D eigenvalue weighted by atomic mass is 35.5. The molecular weight excluding hydrogens is 762 g/mol. The van der Waals surface area contributed by atoms with Crippen LogP contribution in [0.5, 0.6) is 5.75 Å². The molecule has 294 valence electrons. The standard InChI is InChI=1S/C41H43Cl2FN6O6/c1-49-32-9-15-50(16-14-40-10-12-41(23-40,13-11-40)39(54)55)22-31(32)47-37(49)38(53)48-29-8-4-7-27(36(29)43)26-6-3-5-24(35(26)42)17-28(44)30-18-33(56-2)25(20-46-30)19-45-21-34(51)52/h3-8,17-18,20,45H,9-16,19,21-23H2,1-2H3,(H,48,53)(H,51,52)(H,54,55)/b28-17-. The van der Waals surface area contributed by atoms with E-state index in [9.17, 15) is 19.5 Å². The molecule has 15 heteroatoms. The average molecular weight is 806 g/mol. The van der Waals surface area contributed by atoms with Gasteiger partial charge in [-0.1, -0.05) is 53.5 Å². The first kappa shape index (κ1) is 39.4. The van der Waals surface area contributed by atoms with E-state index in [4.69, 9.17) is 38.0 Å². The number of nitrogens with one attached hydrogen (secondary N) is 2. The molecule has 0 spiro atoms. The number of hydrogen-bond donors (Lipinski definition) is 4. The Kier molecular flexibility index (Phi) is 11.2. The molecule has 0 saturated heterocycles. The lowest BCUT2D eigenvalue weighted by Gasteiger charge is -2.32. The summed E-state index contributed by atoms with van der Waals surface area (Å²) >= 11 is 13.8. The van der Waals surface area contributed by atoms with Crippen molar-refractivity contribution in [2.24, 2.45) is 17.9 Å². The Morgan fingerprint density at radius 3 is 2.48 bits per heavy atom. The number of hydrogen-bond acceptors (Lipinski definition) is 8. The van der Waals surface area contributed by atoms with E-state index in [-0.39, 0.29) is 40.1 Å². The van der Waals surface area contributed by atoms with Gasteiger partial charge in [-0.25, -0.2) is 9.37 Å². The first-order valence-corrected chi connectivity index (χ1v) is 19.3.